The zero-order valence-corrected chi connectivity index (χ0v) is 18.7. The Kier molecular flexibility index (Phi) is 12.6. The van der Waals surface area contributed by atoms with Gasteiger partial charge < -0.3 is 25.3 Å². The number of likely N-dealkylation sites (tertiary alicyclic amines) is 1. The smallest absolute Gasteiger partial charge is 0.191 e. The molecule has 0 radical (unpaired) electrons. The third-order valence-corrected chi connectivity index (χ3v) is 6.05. The standard InChI is InChI=1S/C22H46N6/c1-3-23-22(25-13-11-17-27-14-8-5-6-9-15-27)24-12-7-10-16-28-20-18-26(4-2)19-21-28/h3-21H2,1-2H3,(H2,23,24,25). The minimum absolute atomic E-state index is 0.924. The van der Waals surface area contributed by atoms with Gasteiger partial charge in [-0.1, -0.05) is 19.8 Å². The van der Waals surface area contributed by atoms with E-state index in [0.717, 1.165) is 25.6 Å². The molecule has 0 saturated carbocycles. The first-order chi connectivity index (χ1) is 13.8. The zero-order chi connectivity index (χ0) is 19.9. The summed E-state index contributed by atoms with van der Waals surface area (Å²) in [6.07, 6.45) is 9.24. The Balaban J connectivity index is 1.52. The van der Waals surface area contributed by atoms with Crippen molar-refractivity contribution in [2.75, 3.05) is 78.5 Å². The molecule has 0 atom stereocenters. The molecule has 2 fully saturated rings. The van der Waals surface area contributed by atoms with Crippen molar-refractivity contribution in [3.05, 3.63) is 0 Å². The molecule has 164 valence electrons. The van der Waals surface area contributed by atoms with Crippen LogP contribution in [-0.4, -0.2) is 99.2 Å². The highest BCUT2D eigenvalue weighted by atomic mass is 15.3. The molecule has 2 N–H and O–H groups in total. The van der Waals surface area contributed by atoms with Crippen LogP contribution < -0.4 is 10.6 Å². The van der Waals surface area contributed by atoms with Crippen molar-refractivity contribution < 1.29 is 0 Å². The normalized spacial score (nSPS) is 20.9. The number of guanidine groups is 1. The molecule has 2 saturated heterocycles. The molecule has 0 amide bonds. The molecule has 2 aliphatic heterocycles. The Morgan fingerprint density at radius 2 is 1.36 bits per heavy atom. The summed E-state index contributed by atoms with van der Waals surface area (Å²) in [5.74, 6) is 0.995. The van der Waals surface area contributed by atoms with Gasteiger partial charge in [0, 0.05) is 45.8 Å². The van der Waals surface area contributed by atoms with Crippen LogP contribution in [0.2, 0.25) is 0 Å². The van der Waals surface area contributed by atoms with E-state index in [0.29, 0.717) is 0 Å². The first kappa shape index (κ1) is 23.4. The van der Waals surface area contributed by atoms with Crippen LogP contribution in [0.4, 0.5) is 0 Å². The highest BCUT2D eigenvalue weighted by molar-refractivity contribution is 5.79. The lowest BCUT2D eigenvalue weighted by Gasteiger charge is -2.34. The third-order valence-electron chi connectivity index (χ3n) is 6.05. The topological polar surface area (TPSA) is 46.1 Å². The van der Waals surface area contributed by atoms with E-state index in [1.807, 2.05) is 0 Å². The quantitative estimate of drug-likeness (QED) is 0.320. The Morgan fingerprint density at radius 1 is 0.714 bits per heavy atom. The summed E-state index contributed by atoms with van der Waals surface area (Å²) in [6, 6.07) is 0. The van der Waals surface area contributed by atoms with Crippen molar-refractivity contribution in [3.63, 3.8) is 0 Å². The molecule has 0 aromatic heterocycles. The summed E-state index contributed by atoms with van der Waals surface area (Å²) in [5, 5.41) is 6.91. The Bertz CT molecular complexity index is 398. The average molecular weight is 395 g/mol. The molecule has 2 rings (SSSR count). The van der Waals surface area contributed by atoms with Gasteiger partial charge in [-0.15, -0.1) is 0 Å². The van der Waals surface area contributed by atoms with Crippen LogP contribution in [0.25, 0.3) is 0 Å². The minimum Gasteiger partial charge on any atom is -0.357 e. The molecule has 6 nitrogen and oxygen atoms in total. The number of aliphatic imine (C=N–C) groups is 1. The molecular formula is C22H46N6. The van der Waals surface area contributed by atoms with Crippen molar-refractivity contribution in [1.82, 2.24) is 25.3 Å². The van der Waals surface area contributed by atoms with Crippen LogP contribution in [0.5, 0.6) is 0 Å². The number of hydrogen-bond donors (Lipinski definition) is 2. The zero-order valence-electron chi connectivity index (χ0n) is 18.7. The highest BCUT2D eigenvalue weighted by Crippen LogP contribution is 2.09. The fourth-order valence-electron chi connectivity index (χ4n) is 4.18. The number of likely N-dealkylation sites (N-methyl/N-ethyl adjacent to an activating group) is 1. The molecule has 0 aliphatic carbocycles. The number of rotatable bonds is 11. The fraction of sp³-hybridized carbons (Fsp3) is 0.955. The third kappa shape index (κ3) is 10.1. The maximum atomic E-state index is 4.78. The highest BCUT2D eigenvalue weighted by Gasteiger charge is 2.14. The first-order valence-electron chi connectivity index (χ1n) is 12.0. The van der Waals surface area contributed by atoms with Crippen LogP contribution in [0.3, 0.4) is 0 Å². The molecule has 2 aliphatic rings. The Morgan fingerprint density at radius 3 is 2.04 bits per heavy atom. The Labute approximate surface area is 174 Å². The van der Waals surface area contributed by atoms with E-state index in [-0.39, 0.29) is 0 Å². The van der Waals surface area contributed by atoms with Crippen molar-refractivity contribution >= 4 is 5.96 Å². The summed E-state index contributed by atoms with van der Waals surface area (Å²) in [7, 11) is 0. The van der Waals surface area contributed by atoms with Crippen LogP contribution in [0.1, 0.15) is 58.8 Å². The van der Waals surface area contributed by atoms with E-state index >= 15 is 0 Å². The molecule has 0 aromatic carbocycles. The second-order valence-corrected chi connectivity index (χ2v) is 8.28. The van der Waals surface area contributed by atoms with Gasteiger partial charge in [0.25, 0.3) is 0 Å². The van der Waals surface area contributed by atoms with Gasteiger partial charge in [-0.2, -0.15) is 0 Å². The molecule has 2 heterocycles. The summed E-state index contributed by atoms with van der Waals surface area (Å²) in [5.41, 5.74) is 0. The number of hydrogen-bond acceptors (Lipinski definition) is 4. The van der Waals surface area contributed by atoms with Gasteiger partial charge in [-0.25, -0.2) is 0 Å². The predicted octanol–water partition coefficient (Wildman–Crippen LogP) is 2.23. The second kappa shape index (κ2) is 15.1. The lowest BCUT2D eigenvalue weighted by Crippen LogP contribution is -2.46. The molecule has 0 aromatic rings. The lowest BCUT2D eigenvalue weighted by molar-refractivity contribution is 0.136. The van der Waals surface area contributed by atoms with E-state index in [1.54, 1.807) is 0 Å². The molecule has 6 heteroatoms. The summed E-state index contributed by atoms with van der Waals surface area (Å²) >= 11 is 0. The Hall–Kier alpha value is -0.850. The second-order valence-electron chi connectivity index (χ2n) is 8.28. The lowest BCUT2D eigenvalue weighted by atomic mass is 10.2. The van der Waals surface area contributed by atoms with Crippen LogP contribution in [0, 0.1) is 0 Å². The van der Waals surface area contributed by atoms with Gasteiger partial charge in [-0.3, -0.25) is 4.99 Å². The van der Waals surface area contributed by atoms with Crippen molar-refractivity contribution in [2.45, 2.75) is 58.8 Å². The van der Waals surface area contributed by atoms with Gasteiger partial charge in [0.1, 0.15) is 0 Å². The van der Waals surface area contributed by atoms with Crippen molar-refractivity contribution in [1.29, 1.82) is 0 Å². The summed E-state index contributed by atoms with van der Waals surface area (Å²) in [4.78, 5) is 12.6. The minimum atomic E-state index is 0.924. The van der Waals surface area contributed by atoms with Crippen LogP contribution in [0.15, 0.2) is 4.99 Å². The van der Waals surface area contributed by atoms with E-state index in [1.165, 1.54) is 104 Å². The predicted molar refractivity (Wildman–Crippen MR) is 121 cm³/mol. The molecular weight excluding hydrogens is 348 g/mol. The van der Waals surface area contributed by atoms with E-state index < -0.39 is 0 Å². The molecule has 0 bridgehead atoms. The number of nitrogens with zero attached hydrogens (tertiary/aromatic N) is 4. The van der Waals surface area contributed by atoms with E-state index in [4.69, 9.17) is 4.99 Å². The maximum absolute atomic E-state index is 4.78. The maximum Gasteiger partial charge on any atom is 0.191 e. The average Bonchev–Trinajstić information content (AvgIpc) is 3.00. The SMILES string of the molecule is CCNC(=NCCCN1CCCCCC1)NCCCCN1CCN(CC)CC1. The summed E-state index contributed by atoms with van der Waals surface area (Å²) in [6.45, 7) is 18.5. The first-order valence-corrected chi connectivity index (χ1v) is 12.0. The van der Waals surface area contributed by atoms with E-state index in [9.17, 15) is 0 Å². The summed E-state index contributed by atoms with van der Waals surface area (Å²) < 4.78 is 0. The molecule has 28 heavy (non-hydrogen) atoms. The van der Waals surface area contributed by atoms with E-state index in [2.05, 4.69) is 39.2 Å². The van der Waals surface area contributed by atoms with Gasteiger partial charge in [0.05, 0.1) is 0 Å². The van der Waals surface area contributed by atoms with Gasteiger partial charge in [0.2, 0.25) is 0 Å². The monoisotopic (exact) mass is 394 g/mol. The van der Waals surface area contributed by atoms with Gasteiger partial charge >= 0.3 is 0 Å². The van der Waals surface area contributed by atoms with Crippen molar-refractivity contribution in [3.8, 4) is 0 Å². The number of unbranched alkanes of at least 4 members (excludes halogenated alkanes) is 1. The van der Waals surface area contributed by atoms with Gasteiger partial charge in [-0.05, 0) is 71.8 Å². The number of piperazine rings is 1. The van der Waals surface area contributed by atoms with Crippen molar-refractivity contribution in [2.24, 2.45) is 4.99 Å². The fourth-order valence-corrected chi connectivity index (χ4v) is 4.18. The largest absolute Gasteiger partial charge is 0.357 e. The van der Waals surface area contributed by atoms with Crippen LogP contribution >= 0.6 is 0 Å². The molecule has 0 unspecified atom stereocenters. The molecule has 0 spiro atoms. The van der Waals surface area contributed by atoms with Crippen LogP contribution in [-0.2, 0) is 0 Å². The van der Waals surface area contributed by atoms with Gasteiger partial charge in [0.15, 0.2) is 5.96 Å². The number of nitrogens with one attached hydrogen (secondary N) is 2.